The first-order chi connectivity index (χ1) is 14.8. The van der Waals surface area contributed by atoms with Gasteiger partial charge in [0.15, 0.2) is 0 Å². The molecular formula is C26H28N4. The summed E-state index contributed by atoms with van der Waals surface area (Å²) in [5.74, 6) is 0. The number of hydrogen-bond acceptors (Lipinski definition) is 4. The van der Waals surface area contributed by atoms with Crippen molar-refractivity contribution >= 4 is 21.8 Å². The highest BCUT2D eigenvalue weighted by atomic mass is 15.0. The fourth-order valence-corrected chi connectivity index (χ4v) is 4.50. The summed E-state index contributed by atoms with van der Waals surface area (Å²) in [7, 11) is 0. The van der Waals surface area contributed by atoms with E-state index >= 15 is 0 Å². The van der Waals surface area contributed by atoms with Gasteiger partial charge in [-0.3, -0.25) is 9.97 Å². The van der Waals surface area contributed by atoms with Gasteiger partial charge in [-0.15, -0.1) is 0 Å². The maximum atomic E-state index is 4.81. The van der Waals surface area contributed by atoms with Crippen LogP contribution in [-0.2, 0) is 13.1 Å². The molecule has 0 bridgehead atoms. The Bertz CT molecular complexity index is 1050. The number of nitrogens with zero attached hydrogens (tertiary/aromatic N) is 2. The molecule has 4 nitrogen and oxygen atoms in total. The van der Waals surface area contributed by atoms with Crippen molar-refractivity contribution in [2.24, 2.45) is 0 Å². The third kappa shape index (κ3) is 4.35. The number of nitrogens with one attached hydrogen (secondary N) is 2. The predicted molar refractivity (Wildman–Crippen MR) is 123 cm³/mol. The number of aromatic nitrogens is 2. The van der Waals surface area contributed by atoms with E-state index in [9.17, 15) is 0 Å². The Morgan fingerprint density at radius 1 is 0.600 bits per heavy atom. The van der Waals surface area contributed by atoms with Gasteiger partial charge in [-0.1, -0.05) is 61.4 Å². The minimum absolute atomic E-state index is 0.465. The molecule has 1 saturated carbocycles. The molecule has 30 heavy (non-hydrogen) atoms. The average molecular weight is 397 g/mol. The van der Waals surface area contributed by atoms with E-state index in [0.717, 1.165) is 35.5 Å². The van der Waals surface area contributed by atoms with Gasteiger partial charge in [0.2, 0.25) is 0 Å². The first-order valence-electron chi connectivity index (χ1n) is 11.0. The second kappa shape index (κ2) is 8.90. The van der Waals surface area contributed by atoms with Crippen molar-refractivity contribution in [1.82, 2.24) is 20.6 Å². The highest BCUT2D eigenvalue weighted by Crippen LogP contribution is 2.20. The van der Waals surface area contributed by atoms with Gasteiger partial charge in [0.1, 0.15) is 0 Å². The standard InChI is InChI=1S/C26H28N4/c1-3-9-23-19(7-1)13-15-21(29-23)17-27-25-11-5-6-12-26(25)28-18-22-16-14-20-8-2-4-10-24(20)30-22/h1-4,7-10,13-16,25-28H,5-6,11-12,17-18H2. The van der Waals surface area contributed by atoms with Crippen LogP contribution >= 0.6 is 0 Å². The topological polar surface area (TPSA) is 49.8 Å². The maximum absolute atomic E-state index is 4.81. The van der Waals surface area contributed by atoms with Crippen molar-refractivity contribution in [2.45, 2.75) is 50.9 Å². The van der Waals surface area contributed by atoms with Gasteiger partial charge in [-0.2, -0.15) is 0 Å². The minimum Gasteiger partial charge on any atom is -0.307 e. The average Bonchev–Trinajstić information content (AvgIpc) is 2.81. The zero-order valence-electron chi connectivity index (χ0n) is 17.2. The van der Waals surface area contributed by atoms with Crippen molar-refractivity contribution in [2.75, 3.05) is 0 Å². The van der Waals surface area contributed by atoms with Crippen molar-refractivity contribution in [3.8, 4) is 0 Å². The van der Waals surface area contributed by atoms with Gasteiger partial charge in [0.25, 0.3) is 0 Å². The third-order valence-corrected chi connectivity index (χ3v) is 6.17. The molecule has 2 aromatic carbocycles. The molecule has 0 saturated heterocycles. The number of benzene rings is 2. The molecule has 0 radical (unpaired) electrons. The monoisotopic (exact) mass is 396 g/mol. The van der Waals surface area contributed by atoms with Crippen molar-refractivity contribution in [3.05, 3.63) is 84.2 Å². The van der Waals surface area contributed by atoms with Crippen molar-refractivity contribution in [3.63, 3.8) is 0 Å². The van der Waals surface area contributed by atoms with E-state index in [0.29, 0.717) is 12.1 Å². The lowest BCUT2D eigenvalue weighted by Gasteiger charge is -2.33. The summed E-state index contributed by atoms with van der Waals surface area (Å²) < 4.78 is 0. The zero-order valence-corrected chi connectivity index (χ0v) is 17.2. The molecule has 152 valence electrons. The van der Waals surface area contributed by atoms with Gasteiger partial charge < -0.3 is 10.6 Å². The van der Waals surface area contributed by atoms with E-state index in [4.69, 9.17) is 9.97 Å². The lowest BCUT2D eigenvalue weighted by atomic mass is 9.90. The first-order valence-corrected chi connectivity index (χ1v) is 11.0. The van der Waals surface area contributed by atoms with Crippen LogP contribution in [0.15, 0.2) is 72.8 Å². The van der Waals surface area contributed by atoms with Gasteiger partial charge in [0.05, 0.1) is 22.4 Å². The predicted octanol–water partition coefficient (Wildman–Crippen LogP) is 4.97. The molecule has 1 aliphatic rings. The van der Waals surface area contributed by atoms with E-state index in [2.05, 4.69) is 83.4 Å². The summed E-state index contributed by atoms with van der Waals surface area (Å²) >= 11 is 0. The molecule has 2 unspecified atom stereocenters. The van der Waals surface area contributed by atoms with E-state index in [1.54, 1.807) is 0 Å². The van der Waals surface area contributed by atoms with E-state index < -0.39 is 0 Å². The van der Waals surface area contributed by atoms with Crippen molar-refractivity contribution < 1.29 is 0 Å². The molecular weight excluding hydrogens is 368 g/mol. The molecule has 2 N–H and O–H groups in total. The summed E-state index contributed by atoms with van der Waals surface area (Å²) in [6, 6.07) is 26.2. The van der Waals surface area contributed by atoms with Crippen LogP contribution in [0.2, 0.25) is 0 Å². The van der Waals surface area contributed by atoms with Gasteiger partial charge in [-0.25, -0.2) is 0 Å². The Morgan fingerprint density at radius 3 is 1.57 bits per heavy atom. The van der Waals surface area contributed by atoms with Crippen LogP contribution in [-0.4, -0.2) is 22.1 Å². The Morgan fingerprint density at radius 2 is 1.07 bits per heavy atom. The maximum Gasteiger partial charge on any atom is 0.0705 e. The highest BCUT2D eigenvalue weighted by Gasteiger charge is 2.24. The molecule has 5 rings (SSSR count). The van der Waals surface area contributed by atoms with E-state index in [1.165, 1.54) is 36.5 Å². The lowest BCUT2D eigenvalue weighted by Crippen LogP contribution is -2.49. The fourth-order valence-electron chi connectivity index (χ4n) is 4.50. The van der Waals surface area contributed by atoms with Crippen LogP contribution in [0.5, 0.6) is 0 Å². The molecule has 4 aromatic rings. The number of para-hydroxylation sites is 2. The molecule has 0 aliphatic heterocycles. The second-order valence-corrected chi connectivity index (χ2v) is 8.25. The molecule has 0 amide bonds. The van der Waals surface area contributed by atoms with Gasteiger partial charge in [-0.05, 0) is 37.1 Å². The molecule has 0 spiro atoms. The van der Waals surface area contributed by atoms with Crippen LogP contribution in [0, 0.1) is 0 Å². The van der Waals surface area contributed by atoms with Crippen LogP contribution < -0.4 is 10.6 Å². The van der Waals surface area contributed by atoms with Crippen LogP contribution in [0.25, 0.3) is 21.8 Å². The molecule has 1 fully saturated rings. The van der Waals surface area contributed by atoms with Crippen molar-refractivity contribution in [1.29, 1.82) is 0 Å². The second-order valence-electron chi connectivity index (χ2n) is 8.25. The normalized spacial score (nSPS) is 19.3. The molecule has 1 aliphatic carbocycles. The number of pyridine rings is 2. The quantitative estimate of drug-likeness (QED) is 0.483. The number of rotatable bonds is 6. The fraction of sp³-hybridized carbons (Fsp3) is 0.308. The zero-order chi connectivity index (χ0) is 20.2. The van der Waals surface area contributed by atoms with Crippen LogP contribution in [0.4, 0.5) is 0 Å². The van der Waals surface area contributed by atoms with Gasteiger partial charge >= 0.3 is 0 Å². The summed E-state index contributed by atoms with van der Waals surface area (Å²) in [4.78, 5) is 9.63. The summed E-state index contributed by atoms with van der Waals surface area (Å²) in [5.41, 5.74) is 4.35. The van der Waals surface area contributed by atoms with Crippen LogP contribution in [0.1, 0.15) is 37.1 Å². The smallest absolute Gasteiger partial charge is 0.0705 e. The van der Waals surface area contributed by atoms with E-state index in [-0.39, 0.29) is 0 Å². The largest absolute Gasteiger partial charge is 0.307 e. The molecule has 4 heteroatoms. The number of hydrogen-bond donors (Lipinski definition) is 2. The summed E-state index contributed by atoms with van der Waals surface area (Å²) in [5, 5.41) is 9.94. The molecule has 2 heterocycles. The summed E-state index contributed by atoms with van der Waals surface area (Å²) in [6.07, 6.45) is 4.98. The van der Waals surface area contributed by atoms with Crippen LogP contribution in [0.3, 0.4) is 0 Å². The lowest BCUT2D eigenvalue weighted by molar-refractivity contribution is 0.280. The first kappa shape index (κ1) is 19.2. The Kier molecular flexibility index (Phi) is 5.69. The SMILES string of the molecule is c1ccc2nc(CNC3CCCCC3NCc3ccc4ccccc4n3)ccc2c1. The molecule has 2 atom stereocenters. The Labute approximate surface area is 177 Å². The molecule has 2 aromatic heterocycles. The Hall–Kier alpha value is -2.82. The minimum atomic E-state index is 0.465. The summed E-state index contributed by atoms with van der Waals surface area (Å²) in [6.45, 7) is 1.61. The number of fused-ring (bicyclic) bond motifs is 2. The Balaban J connectivity index is 1.22. The highest BCUT2D eigenvalue weighted by molar-refractivity contribution is 5.79. The van der Waals surface area contributed by atoms with E-state index in [1.807, 2.05) is 0 Å². The van der Waals surface area contributed by atoms with Gasteiger partial charge in [0, 0.05) is 35.9 Å². The third-order valence-electron chi connectivity index (χ3n) is 6.17.